The lowest BCUT2D eigenvalue weighted by Crippen LogP contribution is -2.21. The molecule has 0 radical (unpaired) electrons. The first kappa shape index (κ1) is 7.86. The van der Waals surface area contributed by atoms with Crippen LogP contribution in [0.1, 0.15) is 17.1 Å². The average Bonchev–Trinajstić information content (AvgIpc) is 2.04. The van der Waals surface area contributed by atoms with Gasteiger partial charge in [-0.1, -0.05) is 0 Å². The summed E-state index contributed by atoms with van der Waals surface area (Å²) in [5.41, 5.74) is 1.91. The van der Waals surface area contributed by atoms with Gasteiger partial charge in [-0.15, -0.1) is 0 Å². The maximum Gasteiger partial charge on any atom is 0.277 e. The molecule has 12 heavy (non-hydrogen) atoms. The fourth-order valence-electron chi connectivity index (χ4n) is 1.38. The second-order valence-electron chi connectivity index (χ2n) is 2.89. The maximum absolute atomic E-state index is 11.3. The van der Waals surface area contributed by atoms with Crippen LogP contribution in [0.5, 0.6) is 0 Å². The Bertz CT molecular complexity index is 359. The van der Waals surface area contributed by atoms with Crippen LogP contribution in [-0.2, 0) is 12.2 Å². The predicted octanol–water partition coefficient (Wildman–Crippen LogP) is 0.868. The zero-order chi connectivity index (χ0) is 8.55. The first-order valence-corrected chi connectivity index (χ1v) is 5.09. The van der Waals surface area contributed by atoms with Crippen LogP contribution in [0.4, 0.5) is 0 Å². The third-order valence-electron chi connectivity index (χ3n) is 1.97. The van der Waals surface area contributed by atoms with E-state index in [4.69, 9.17) is 0 Å². The van der Waals surface area contributed by atoms with Crippen molar-refractivity contribution in [2.45, 2.75) is 19.1 Å². The van der Waals surface area contributed by atoms with E-state index in [0.29, 0.717) is 0 Å². The summed E-state index contributed by atoms with van der Waals surface area (Å²) < 4.78 is 0. The molecule has 3 nitrogen and oxygen atoms in total. The van der Waals surface area contributed by atoms with Crippen LogP contribution in [0.25, 0.3) is 0 Å². The maximum atomic E-state index is 11.3. The molecular weight excluding hydrogens is 172 g/mol. The summed E-state index contributed by atoms with van der Waals surface area (Å²) in [5.74, 6) is 2.65. The molecule has 0 spiro atoms. The van der Waals surface area contributed by atoms with Gasteiger partial charge in [0.25, 0.3) is 5.56 Å². The van der Waals surface area contributed by atoms with E-state index >= 15 is 0 Å². The fourth-order valence-corrected chi connectivity index (χ4v) is 2.38. The lowest BCUT2D eigenvalue weighted by atomic mass is 10.2. The Kier molecular flexibility index (Phi) is 1.92. The molecule has 1 aromatic rings. The van der Waals surface area contributed by atoms with Crippen LogP contribution in [0.15, 0.2) is 4.79 Å². The summed E-state index contributed by atoms with van der Waals surface area (Å²) in [6, 6.07) is 0. The molecule has 0 saturated heterocycles. The van der Waals surface area contributed by atoms with Gasteiger partial charge in [0.15, 0.2) is 0 Å². The summed E-state index contributed by atoms with van der Waals surface area (Å²) in [6.07, 6.45) is 0.971. The molecule has 0 aromatic carbocycles. The standard InChI is InChI=1S/C8H10N2OS/c1-5-9-7-2-3-12-4-6(7)8(11)10-5/h2-4H2,1H3,(H,9,10,11). The van der Waals surface area contributed by atoms with Gasteiger partial charge in [-0.25, -0.2) is 0 Å². The first-order valence-electron chi connectivity index (χ1n) is 3.94. The SMILES string of the molecule is Cc1nc(=O)c2c([nH]1)CCSC2. The zero-order valence-corrected chi connectivity index (χ0v) is 7.70. The fraction of sp³-hybridized carbons (Fsp3) is 0.500. The summed E-state index contributed by atoms with van der Waals surface area (Å²) in [7, 11) is 0. The Morgan fingerprint density at radius 1 is 1.58 bits per heavy atom. The number of hydrogen-bond acceptors (Lipinski definition) is 3. The Hall–Kier alpha value is -0.770. The van der Waals surface area contributed by atoms with Crippen LogP contribution in [0.3, 0.4) is 0 Å². The van der Waals surface area contributed by atoms with Crippen molar-refractivity contribution in [3.05, 3.63) is 27.4 Å². The van der Waals surface area contributed by atoms with Crippen molar-refractivity contribution in [3.8, 4) is 0 Å². The number of aryl methyl sites for hydroxylation is 2. The Balaban J connectivity index is 2.60. The number of fused-ring (bicyclic) bond motifs is 1. The van der Waals surface area contributed by atoms with Crippen LogP contribution < -0.4 is 5.56 Å². The third kappa shape index (κ3) is 1.27. The van der Waals surface area contributed by atoms with Crippen molar-refractivity contribution in [1.82, 2.24) is 9.97 Å². The van der Waals surface area contributed by atoms with Crippen molar-refractivity contribution < 1.29 is 0 Å². The van der Waals surface area contributed by atoms with Crippen LogP contribution in [-0.4, -0.2) is 15.7 Å². The predicted molar refractivity (Wildman–Crippen MR) is 49.5 cm³/mol. The highest BCUT2D eigenvalue weighted by molar-refractivity contribution is 7.98. The van der Waals surface area contributed by atoms with Gasteiger partial charge in [0, 0.05) is 17.0 Å². The van der Waals surface area contributed by atoms with Gasteiger partial charge >= 0.3 is 0 Å². The van der Waals surface area contributed by atoms with E-state index in [1.54, 1.807) is 11.8 Å². The second-order valence-corrected chi connectivity index (χ2v) is 3.99. The van der Waals surface area contributed by atoms with Crippen molar-refractivity contribution >= 4 is 11.8 Å². The van der Waals surface area contributed by atoms with Crippen LogP contribution in [0.2, 0.25) is 0 Å². The van der Waals surface area contributed by atoms with Gasteiger partial charge in [-0.05, 0) is 19.1 Å². The molecule has 2 rings (SSSR count). The number of H-pyrrole nitrogens is 1. The molecule has 4 heteroatoms. The number of aromatic amines is 1. The minimum atomic E-state index is -0.0477. The second kappa shape index (κ2) is 2.94. The smallest absolute Gasteiger partial charge is 0.277 e. The van der Waals surface area contributed by atoms with E-state index in [1.165, 1.54) is 0 Å². The molecule has 0 unspecified atom stereocenters. The first-order chi connectivity index (χ1) is 5.77. The van der Waals surface area contributed by atoms with Crippen molar-refractivity contribution in [1.29, 1.82) is 0 Å². The van der Waals surface area contributed by atoms with E-state index < -0.39 is 0 Å². The molecule has 0 fully saturated rings. The molecule has 1 aliphatic rings. The van der Waals surface area contributed by atoms with E-state index in [-0.39, 0.29) is 5.56 Å². The van der Waals surface area contributed by atoms with E-state index in [2.05, 4.69) is 9.97 Å². The van der Waals surface area contributed by atoms with Crippen molar-refractivity contribution in [2.24, 2.45) is 0 Å². The molecule has 0 saturated carbocycles. The van der Waals surface area contributed by atoms with Gasteiger partial charge in [0.2, 0.25) is 0 Å². The Labute approximate surface area is 74.6 Å². The summed E-state index contributed by atoms with van der Waals surface area (Å²) in [4.78, 5) is 18.3. The van der Waals surface area contributed by atoms with E-state index in [1.807, 2.05) is 6.92 Å². The number of nitrogens with zero attached hydrogens (tertiary/aromatic N) is 1. The molecule has 0 aliphatic carbocycles. The lowest BCUT2D eigenvalue weighted by molar-refractivity contribution is 0.891. The van der Waals surface area contributed by atoms with Crippen LogP contribution >= 0.6 is 11.8 Å². The Morgan fingerprint density at radius 2 is 2.42 bits per heavy atom. The minimum absolute atomic E-state index is 0.0477. The molecule has 1 aliphatic heterocycles. The molecule has 64 valence electrons. The molecule has 0 atom stereocenters. The quantitative estimate of drug-likeness (QED) is 0.647. The minimum Gasteiger partial charge on any atom is -0.347 e. The number of hydrogen-bond donors (Lipinski definition) is 1. The van der Waals surface area contributed by atoms with E-state index in [0.717, 1.165) is 35.0 Å². The molecule has 0 bridgehead atoms. The summed E-state index contributed by atoms with van der Waals surface area (Å²) in [6.45, 7) is 1.82. The topological polar surface area (TPSA) is 45.8 Å². The van der Waals surface area contributed by atoms with Crippen molar-refractivity contribution in [3.63, 3.8) is 0 Å². The molecular formula is C8H10N2OS. The molecule has 2 heterocycles. The molecule has 1 N–H and O–H groups in total. The zero-order valence-electron chi connectivity index (χ0n) is 6.89. The highest BCUT2D eigenvalue weighted by atomic mass is 32.2. The third-order valence-corrected chi connectivity index (χ3v) is 2.95. The van der Waals surface area contributed by atoms with Crippen molar-refractivity contribution in [2.75, 3.05) is 5.75 Å². The van der Waals surface area contributed by atoms with Gasteiger partial charge in [0.1, 0.15) is 5.82 Å². The highest BCUT2D eigenvalue weighted by Gasteiger charge is 2.13. The van der Waals surface area contributed by atoms with Gasteiger partial charge < -0.3 is 4.98 Å². The number of aromatic nitrogens is 2. The number of nitrogens with one attached hydrogen (secondary N) is 1. The van der Waals surface area contributed by atoms with Gasteiger partial charge in [-0.2, -0.15) is 16.7 Å². The van der Waals surface area contributed by atoms with Crippen LogP contribution in [0, 0.1) is 6.92 Å². The van der Waals surface area contributed by atoms with E-state index in [9.17, 15) is 4.79 Å². The average molecular weight is 182 g/mol. The van der Waals surface area contributed by atoms with Gasteiger partial charge in [0.05, 0.1) is 0 Å². The molecule has 0 amide bonds. The highest BCUT2D eigenvalue weighted by Crippen LogP contribution is 2.19. The summed E-state index contributed by atoms with van der Waals surface area (Å²) >= 11 is 1.80. The van der Waals surface area contributed by atoms with Gasteiger partial charge in [-0.3, -0.25) is 4.79 Å². The molecule has 1 aromatic heterocycles. The summed E-state index contributed by atoms with van der Waals surface area (Å²) in [5, 5.41) is 0. The Morgan fingerprint density at radius 3 is 3.25 bits per heavy atom. The largest absolute Gasteiger partial charge is 0.347 e. The normalized spacial score (nSPS) is 15.8. The monoisotopic (exact) mass is 182 g/mol. The number of thioether (sulfide) groups is 1. The number of rotatable bonds is 0. The lowest BCUT2D eigenvalue weighted by Gasteiger charge is -2.13.